The molecule has 0 radical (unpaired) electrons. The van der Waals surface area contributed by atoms with Crippen LogP contribution in [0, 0.1) is 34.5 Å². The van der Waals surface area contributed by atoms with Crippen molar-refractivity contribution in [1.82, 2.24) is 20.4 Å². The van der Waals surface area contributed by atoms with Crippen molar-refractivity contribution in [2.45, 2.75) is 218 Å². The molecule has 13 atom stereocenters. The standard InChI is InChI=1S/C42H61BN4O9.C17H30BNO2.ClH/c1-9-11-12-13-18-35(43-55-34-21-29-20-33(41(29,6)7)42(34,8)56-43)45-36(48)32-22-30(53-39(51)46-23-27-16-14-15-17-28(27)24-46)25-47(32)37(49)31(26-52-19-10-2)44-38(50)54-40(3,4)5;1-5-6-7-8-9-15(19)18-20-14-11-12-10-13(16(12,2)3)17(14,4)21-18;/h9-10,14-17,29-35H,1-2,11-13,18-26H2,3-8H3,(H,44,50)(H,45,48);5,12-15H,1,6-11,19H2,2-4H3;1H/t29?,30-,31+,32+,33?,34?,35-,42?;12?,13?,14?,15-,17?;/m11./s1. The lowest BCUT2D eigenvalue weighted by molar-refractivity contribution is -0.199. The number of nitrogens with two attached hydrogens (primary N) is 1. The highest BCUT2D eigenvalue weighted by Crippen LogP contribution is 2.67. The maximum absolute atomic E-state index is 14.6. The lowest BCUT2D eigenvalue weighted by Gasteiger charge is -2.64. The molecular weight excluding hydrogens is 1010 g/mol. The molecule has 11 rings (SSSR count). The van der Waals surface area contributed by atoms with Gasteiger partial charge in [0.2, 0.25) is 11.8 Å². The van der Waals surface area contributed by atoms with E-state index in [-0.39, 0.29) is 74.9 Å². The molecule has 4 heterocycles. The molecule has 6 saturated carbocycles. The zero-order valence-electron chi connectivity index (χ0n) is 48.3. The number of fused-ring (bicyclic) bond motifs is 1. The molecule has 6 aliphatic carbocycles. The van der Waals surface area contributed by atoms with Gasteiger partial charge in [0, 0.05) is 25.5 Å². The number of carbonyl (C=O) groups is 4. The number of allylic oxidation sites excluding steroid dienone is 2. The second kappa shape index (κ2) is 25.1. The van der Waals surface area contributed by atoms with Crippen molar-refractivity contribution >= 4 is 50.6 Å². The number of alkyl carbamates (subject to hydrolysis) is 1. The molecule has 8 unspecified atom stereocenters. The van der Waals surface area contributed by atoms with Crippen LogP contribution in [-0.2, 0) is 55.5 Å². The predicted molar refractivity (Wildman–Crippen MR) is 305 cm³/mol. The molecule has 4 N–H and O–H groups in total. The lowest BCUT2D eigenvalue weighted by atomic mass is 9.43. The van der Waals surface area contributed by atoms with Crippen LogP contribution in [0.2, 0.25) is 0 Å². The molecule has 3 saturated heterocycles. The van der Waals surface area contributed by atoms with E-state index >= 15 is 0 Å². The highest BCUT2D eigenvalue weighted by molar-refractivity contribution is 6.48. The Morgan fingerprint density at radius 2 is 1.33 bits per heavy atom. The van der Waals surface area contributed by atoms with Gasteiger partial charge < -0.3 is 54.1 Å². The first-order valence-electron chi connectivity index (χ1n) is 28.9. The number of halogens is 1. The highest BCUT2D eigenvalue weighted by Gasteiger charge is 2.70. The third-order valence-electron chi connectivity index (χ3n) is 19.0. The van der Waals surface area contributed by atoms with E-state index in [4.69, 9.17) is 38.6 Å². The zero-order chi connectivity index (χ0) is 55.7. The molecule has 16 nitrogen and oxygen atoms in total. The number of nitrogens with one attached hydrogen (secondary N) is 2. The number of unbranched alkanes of at least 4 members (excludes halogenated alkanes) is 4. The van der Waals surface area contributed by atoms with Gasteiger partial charge in [0.15, 0.2) is 0 Å². The smallest absolute Gasteiger partial charge is 0.444 e. The number of rotatable bonds is 21. The normalized spacial score (nSPS) is 31.5. The van der Waals surface area contributed by atoms with Gasteiger partial charge in [-0.15, -0.1) is 32.1 Å². The van der Waals surface area contributed by atoms with Gasteiger partial charge in [-0.1, -0.05) is 83.0 Å². The van der Waals surface area contributed by atoms with E-state index in [2.05, 4.69) is 71.9 Å². The zero-order valence-corrected chi connectivity index (χ0v) is 49.1. The van der Waals surface area contributed by atoms with Crippen molar-refractivity contribution in [3.8, 4) is 0 Å². The molecule has 0 aromatic heterocycles. The summed E-state index contributed by atoms with van der Waals surface area (Å²) in [6, 6.07) is 5.61. The van der Waals surface area contributed by atoms with E-state index in [0.717, 1.165) is 81.3 Å². The molecule has 1 aromatic carbocycles. The number of nitrogens with zero attached hydrogens (tertiary/aromatic N) is 2. The van der Waals surface area contributed by atoms with E-state index in [1.807, 2.05) is 36.4 Å². The third kappa shape index (κ3) is 13.1. The Hall–Kier alpha value is -3.90. The predicted octanol–water partition coefficient (Wildman–Crippen LogP) is 9.45. The summed E-state index contributed by atoms with van der Waals surface area (Å²) < 4.78 is 43.2. The first-order chi connectivity index (χ1) is 36.4. The fourth-order valence-electron chi connectivity index (χ4n) is 14.3. The van der Waals surface area contributed by atoms with Gasteiger partial charge in [0.1, 0.15) is 23.8 Å². The summed E-state index contributed by atoms with van der Waals surface area (Å²) in [4.78, 5) is 58.5. The van der Waals surface area contributed by atoms with Gasteiger partial charge in [-0.2, -0.15) is 0 Å². The summed E-state index contributed by atoms with van der Waals surface area (Å²) in [5, 5.41) is 5.87. The molecule has 4 bridgehead atoms. The number of ether oxygens (including phenoxy) is 3. The summed E-state index contributed by atoms with van der Waals surface area (Å²) in [5.41, 5.74) is 7.56. The fraction of sp³-hybridized carbons (Fsp3) is 0.729. The van der Waals surface area contributed by atoms with Crippen LogP contribution in [0.4, 0.5) is 9.59 Å². The van der Waals surface area contributed by atoms with Crippen LogP contribution in [0.1, 0.15) is 157 Å². The van der Waals surface area contributed by atoms with Gasteiger partial charge in [0.25, 0.3) is 0 Å². The fourth-order valence-corrected chi connectivity index (χ4v) is 14.3. The first-order valence-corrected chi connectivity index (χ1v) is 28.9. The van der Waals surface area contributed by atoms with Crippen molar-refractivity contribution in [3.05, 3.63) is 73.4 Å². The number of carbonyl (C=O) groups excluding carboxylic acids is 4. The van der Waals surface area contributed by atoms with Crippen LogP contribution in [0.3, 0.4) is 0 Å². The van der Waals surface area contributed by atoms with Crippen LogP contribution in [0.5, 0.6) is 0 Å². The van der Waals surface area contributed by atoms with E-state index in [9.17, 15) is 19.2 Å². The molecule has 78 heavy (non-hydrogen) atoms. The van der Waals surface area contributed by atoms with Crippen LogP contribution >= 0.6 is 12.4 Å². The Labute approximate surface area is 472 Å². The van der Waals surface area contributed by atoms with Crippen molar-refractivity contribution < 1.29 is 52.0 Å². The van der Waals surface area contributed by atoms with E-state index in [1.165, 1.54) is 17.4 Å². The second-order valence-electron chi connectivity index (χ2n) is 26.0. The molecule has 19 heteroatoms. The maximum atomic E-state index is 14.6. The Morgan fingerprint density at radius 1 is 0.782 bits per heavy atom. The summed E-state index contributed by atoms with van der Waals surface area (Å²) in [7, 11) is -0.878. The number of likely N-dealkylation sites (tertiary alicyclic amines) is 1. The van der Waals surface area contributed by atoms with Gasteiger partial charge in [-0.05, 0) is 144 Å². The number of benzene rings is 1. The lowest BCUT2D eigenvalue weighted by Crippen LogP contribution is -2.65. The van der Waals surface area contributed by atoms with Crippen molar-refractivity contribution in [2.24, 2.45) is 40.2 Å². The summed E-state index contributed by atoms with van der Waals surface area (Å²) >= 11 is 0. The monoisotopic (exact) mass is 1100 g/mol. The Kier molecular flexibility index (Phi) is 19.8. The van der Waals surface area contributed by atoms with Crippen LogP contribution in [0.25, 0.3) is 0 Å². The van der Waals surface area contributed by atoms with Crippen molar-refractivity contribution in [2.75, 3.05) is 19.8 Å². The van der Waals surface area contributed by atoms with E-state index < -0.39 is 66.5 Å². The highest BCUT2D eigenvalue weighted by atomic mass is 35.5. The quantitative estimate of drug-likeness (QED) is 0.0602. The number of amides is 4. The Morgan fingerprint density at radius 3 is 1.87 bits per heavy atom. The topological polar surface area (TPSA) is 189 Å². The largest absolute Gasteiger partial charge is 0.481 e. The molecule has 0 spiro atoms. The summed E-state index contributed by atoms with van der Waals surface area (Å²) in [6.07, 6.45) is 15.4. The minimum atomic E-state index is -1.20. The van der Waals surface area contributed by atoms with Crippen molar-refractivity contribution in [1.29, 1.82) is 0 Å². The first kappa shape index (κ1) is 61.7. The SMILES string of the molecule is C=CCCCC[C@@H](N)B1OC2CC3CC(C3(C)C)C2(C)O1.C=CCCCC[C@@H](NC(=O)[C@@H]1C[C@@H](OC(=O)N2Cc3ccccc3C2)CN1C(=O)[C@H](COCC=C)NC(=O)OC(C)(C)C)B1OC2CC3CC(C3(C)C)C2(C)O1.Cl. The van der Waals surface area contributed by atoms with Crippen LogP contribution < -0.4 is 16.4 Å². The molecule has 4 amide bonds. The maximum Gasteiger partial charge on any atom is 0.481 e. The second-order valence-corrected chi connectivity index (χ2v) is 26.0. The summed E-state index contributed by atoms with van der Waals surface area (Å²) in [6.45, 7) is 31.0. The minimum Gasteiger partial charge on any atom is -0.444 e. The summed E-state index contributed by atoms with van der Waals surface area (Å²) in [5.74, 6) is 0.848. The molecule has 10 aliphatic rings. The van der Waals surface area contributed by atoms with Gasteiger partial charge in [0.05, 0.1) is 49.1 Å². The Balaban J connectivity index is 0.000000334. The van der Waals surface area contributed by atoms with E-state index in [0.29, 0.717) is 42.7 Å². The number of hydrogen-bond donors (Lipinski definition) is 3. The average Bonchev–Trinajstić information content (AvgIpc) is 4.17. The molecular formula is C59H92B2ClN5O11. The number of hydrogen-bond acceptors (Lipinski definition) is 12. The third-order valence-corrected chi connectivity index (χ3v) is 19.0. The minimum absolute atomic E-state index is 0. The van der Waals surface area contributed by atoms with Crippen LogP contribution in [0.15, 0.2) is 62.2 Å². The molecule has 432 valence electrons. The van der Waals surface area contributed by atoms with E-state index in [1.54, 1.807) is 25.7 Å². The van der Waals surface area contributed by atoms with Crippen LogP contribution in [-0.4, -0.2) is 127 Å². The molecule has 4 aliphatic heterocycles. The van der Waals surface area contributed by atoms with Gasteiger partial charge in [-0.3, -0.25) is 14.5 Å². The molecule has 1 aromatic rings. The van der Waals surface area contributed by atoms with Crippen molar-refractivity contribution in [3.63, 3.8) is 0 Å². The van der Waals surface area contributed by atoms with Gasteiger partial charge in [-0.25, -0.2) is 9.59 Å². The molecule has 9 fully saturated rings. The Bertz CT molecular complexity index is 2300. The van der Waals surface area contributed by atoms with Gasteiger partial charge >= 0.3 is 26.4 Å². The average molecular weight is 1100 g/mol.